The van der Waals surface area contributed by atoms with E-state index in [9.17, 15) is 5.11 Å². The molecule has 1 aromatic carbocycles. The van der Waals surface area contributed by atoms with E-state index < -0.39 is 0 Å². The Bertz CT molecular complexity index is 395. The minimum Gasteiger partial charge on any atom is -0.392 e. The Morgan fingerprint density at radius 3 is 3.06 bits per heavy atom. The smallest absolute Gasteiger partial charge is 0.0750 e. The zero-order valence-electron chi connectivity index (χ0n) is 10.7. The van der Waals surface area contributed by atoms with Gasteiger partial charge in [-0.25, -0.2) is 0 Å². The third kappa shape index (κ3) is 3.16. The highest BCUT2D eigenvalue weighted by Gasteiger charge is 2.21. The normalized spacial score (nSPS) is 20.2. The highest BCUT2D eigenvalue weighted by molar-refractivity contribution is 6.30. The number of halogens is 1. The zero-order chi connectivity index (χ0) is 13.0. The van der Waals surface area contributed by atoms with E-state index in [1.54, 1.807) is 0 Å². The van der Waals surface area contributed by atoms with Gasteiger partial charge >= 0.3 is 0 Å². The Hall–Kier alpha value is -0.770. The molecule has 1 aromatic rings. The maximum Gasteiger partial charge on any atom is 0.0750 e. The molecule has 0 radical (unpaired) electrons. The van der Waals surface area contributed by atoms with Gasteiger partial charge in [-0.05, 0) is 31.9 Å². The highest BCUT2D eigenvalue weighted by Crippen LogP contribution is 2.28. The molecule has 0 amide bonds. The summed E-state index contributed by atoms with van der Waals surface area (Å²) in [7, 11) is 0. The van der Waals surface area contributed by atoms with Crippen molar-refractivity contribution in [2.75, 3.05) is 24.6 Å². The number of hydrogen-bond donors (Lipinski definition) is 1. The van der Waals surface area contributed by atoms with Gasteiger partial charge in [-0.3, -0.25) is 0 Å². The summed E-state index contributed by atoms with van der Waals surface area (Å²) in [4.78, 5) is 2.27. The van der Waals surface area contributed by atoms with Crippen molar-refractivity contribution >= 4 is 17.3 Å². The predicted octanol–water partition coefficient (Wildman–Crippen LogP) is 2.84. The van der Waals surface area contributed by atoms with Crippen LogP contribution in [0.5, 0.6) is 0 Å². The summed E-state index contributed by atoms with van der Waals surface area (Å²) in [6.07, 6.45) is 2.51. The summed E-state index contributed by atoms with van der Waals surface area (Å²) in [5.74, 6) is 0. The van der Waals surface area contributed by atoms with Gasteiger partial charge in [-0.1, -0.05) is 17.7 Å². The molecule has 1 unspecified atom stereocenters. The van der Waals surface area contributed by atoms with Gasteiger partial charge in [0.2, 0.25) is 0 Å². The molecule has 1 heterocycles. The van der Waals surface area contributed by atoms with Crippen molar-refractivity contribution in [1.82, 2.24) is 0 Å². The maximum absolute atomic E-state index is 9.41. The van der Waals surface area contributed by atoms with E-state index in [1.165, 1.54) is 0 Å². The van der Waals surface area contributed by atoms with Crippen LogP contribution < -0.4 is 4.90 Å². The van der Waals surface area contributed by atoms with Crippen molar-refractivity contribution in [2.45, 2.75) is 32.5 Å². The van der Waals surface area contributed by atoms with Gasteiger partial charge in [0.1, 0.15) is 0 Å². The largest absolute Gasteiger partial charge is 0.392 e. The van der Waals surface area contributed by atoms with Crippen molar-refractivity contribution in [3.05, 3.63) is 28.8 Å². The molecule has 1 saturated heterocycles. The first-order valence-electron chi connectivity index (χ1n) is 6.50. The summed E-state index contributed by atoms with van der Waals surface area (Å²) in [6, 6.07) is 5.64. The molecule has 1 atom stereocenters. The molecule has 4 heteroatoms. The number of ether oxygens (including phenoxy) is 1. The zero-order valence-corrected chi connectivity index (χ0v) is 11.5. The van der Waals surface area contributed by atoms with Gasteiger partial charge in [0.05, 0.1) is 12.7 Å². The summed E-state index contributed by atoms with van der Waals surface area (Å²) in [6.45, 7) is 4.69. The lowest BCUT2D eigenvalue weighted by Crippen LogP contribution is -2.40. The molecule has 0 saturated carbocycles. The molecule has 3 nitrogen and oxygen atoms in total. The second-order valence-corrected chi connectivity index (χ2v) is 5.03. The Morgan fingerprint density at radius 2 is 2.33 bits per heavy atom. The minimum atomic E-state index is 0.0440. The second-order valence-electron chi connectivity index (χ2n) is 4.60. The number of benzene rings is 1. The third-order valence-corrected chi connectivity index (χ3v) is 3.57. The first-order chi connectivity index (χ1) is 8.74. The summed E-state index contributed by atoms with van der Waals surface area (Å²) < 4.78 is 5.70. The predicted molar refractivity (Wildman–Crippen MR) is 74.2 cm³/mol. The SMILES string of the molecule is CCOC1CCCN(c2cc(Cl)ccc2CO)C1. The fraction of sp³-hybridized carbons (Fsp3) is 0.571. The van der Waals surface area contributed by atoms with Gasteiger partial charge < -0.3 is 14.7 Å². The maximum atomic E-state index is 9.41. The van der Waals surface area contributed by atoms with Gasteiger partial charge in [0.25, 0.3) is 0 Å². The molecule has 18 heavy (non-hydrogen) atoms. The number of hydrogen-bond acceptors (Lipinski definition) is 3. The Labute approximate surface area is 113 Å². The molecule has 100 valence electrons. The topological polar surface area (TPSA) is 32.7 Å². The average molecular weight is 270 g/mol. The van der Waals surface area contributed by atoms with Crippen molar-refractivity contribution < 1.29 is 9.84 Å². The first-order valence-corrected chi connectivity index (χ1v) is 6.88. The lowest BCUT2D eigenvalue weighted by Gasteiger charge is -2.35. The number of rotatable bonds is 4. The van der Waals surface area contributed by atoms with E-state index in [2.05, 4.69) is 4.90 Å². The molecular formula is C14H20ClNO2. The standard InChI is InChI=1S/C14H20ClNO2/c1-2-18-13-4-3-7-16(9-13)14-8-12(15)6-5-11(14)10-17/h5-6,8,13,17H,2-4,7,9-10H2,1H3. The molecule has 1 N–H and O–H groups in total. The van der Waals surface area contributed by atoms with Crippen molar-refractivity contribution in [3.8, 4) is 0 Å². The molecule has 0 aliphatic carbocycles. The van der Waals surface area contributed by atoms with E-state index in [4.69, 9.17) is 16.3 Å². The van der Waals surface area contributed by atoms with E-state index in [0.29, 0.717) is 5.02 Å². The van der Waals surface area contributed by atoms with Gasteiger partial charge in [-0.15, -0.1) is 0 Å². The molecule has 1 aliphatic rings. The fourth-order valence-corrected chi connectivity index (χ4v) is 2.66. The fourth-order valence-electron chi connectivity index (χ4n) is 2.49. The lowest BCUT2D eigenvalue weighted by molar-refractivity contribution is 0.0526. The molecular weight excluding hydrogens is 250 g/mol. The number of piperidine rings is 1. The number of aliphatic hydroxyl groups excluding tert-OH is 1. The van der Waals surface area contributed by atoms with E-state index in [0.717, 1.165) is 43.8 Å². The van der Waals surface area contributed by atoms with Crippen LogP contribution in [0.4, 0.5) is 5.69 Å². The minimum absolute atomic E-state index is 0.0440. The third-order valence-electron chi connectivity index (χ3n) is 3.34. The molecule has 1 aliphatic heterocycles. The van der Waals surface area contributed by atoms with Crippen molar-refractivity contribution in [3.63, 3.8) is 0 Å². The number of nitrogens with zero attached hydrogens (tertiary/aromatic N) is 1. The first kappa shape index (κ1) is 13.7. The Kier molecular flexibility index (Phi) is 4.87. The van der Waals surface area contributed by atoms with Crippen molar-refractivity contribution in [1.29, 1.82) is 0 Å². The Balaban J connectivity index is 2.17. The summed E-state index contributed by atoms with van der Waals surface area (Å²) in [5.41, 5.74) is 1.96. The quantitative estimate of drug-likeness (QED) is 0.912. The van der Waals surface area contributed by atoms with Crippen LogP contribution in [0.25, 0.3) is 0 Å². The van der Waals surface area contributed by atoms with Crippen molar-refractivity contribution in [2.24, 2.45) is 0 Å². The van der Waals surface area contributed by atoms with Crippen LogP contribution in [-0.4, -0.2) is 30.9 Å². The molecule has 0 spiro atoms. The Morgan fingerprint density at radius 1 is 1.50 bits per heavy atom. The summed E-state index contributed by atoms with van der Waals surface area (Å²) >= 11 is 6.05. The number of anilines is 1. The monoisotopic (exact) mass is 269 g/mol. The van der Waals surface area contributed by atoms with E-state index in [1.807, 2.05) is 25.1 Å². The van der Waals surface area contributed by atoms with Crippen LogP contribution in [0.1, 0.15) is 25.3 Å². The second kappa shape index (κ2) is 6.41. The average Bonchev–Trinajstić information content (AvgIpc) is 2.39. The summed E-state index contributed by atoms with van der Waals surface area (Å²) in [5, 5.41) is 10.1. The van der Waals surface area contributed by atoms with Crippen LogP contribution >= 0.6 is 11.6 Å². The van der Waals surface area contributed by atoms with E-state index in [-0.39, 0.29) is 12.7 Å². The highest BCUT2D eigenvalue weighted by atomic mass is 35.5. The van der Waals surface area contributed by atoms with Crippen LogP contribution in [-0.2, 0) is 11.3 Å². The molecule has 2 rings (SSSR count). The van der Waals surface area contributed by atoms with Crippen LogP contribution in [0.2, 0.25) is 5.02 Å². The number of aliphatic hydroxyl groups is 1. The van der Waals surface area contributed by atoms with Crippen LogP contribution in [0.3, 0.4) is 0 Å². The lowest BCUT2D eigenvalue weighted by atomic mass is 10.1. The van der Waals surface area contributed by atoms with Gasteiger partial charge in [0.15, 0.2) is 0 Å². The molecule has 1 fully saturated rings. The molecule has 0 aromatic heterocycles. The molecule has 0 bridgehead atoms. The van der Waals surface area contributed by atoms with Gasteiger partial charge in [0, 0.05) is 36.0 Å². The van der Waals surface area contributed by atoms with Gasteiger partial charge in [-0.2, -0.15) is 0 Å². The van der Waals surface area contributed by atoms with E-state index >= 15 is 0 Å². The van der Waals surface area contributed by atoms with Crippen LogP contribution in [0, 0.1) is 0 Å². The van der Waals surface area contributed by atoms with Crippen LogP contribution in [0.15, 0.2) is 18.2 Å².